The second-order valence-electron chi connectivity index (χ2n) is 3.92. The lowest BCUT2D eigenvalue weighted by atomic mass is 10.1. The average molecular weight is 243 g/mol. The molecule has 1 aromatic carbocycles. The maximum atomic E-state index is 11.8. The Kier molecular flexibility index (Phi) is 3.52. The van der Waals surface area contributed by atoms with Crippen molar-refractivity contribution in [1.29, 1.82) is 0 Å². The molecule has 1 heterocycles. The van der Waals surface area contributed by atoms with Crippen LogP contribution >= 0.6 is 0 Å². The van der Waals surface area contributed by atoms with Crippen molar-refractivity contribution in [3.63, 3.8) is 0 Å². The van der Waals surface area contributed by atoms with Gasteiger partial charge in [0.1, 0.15) is 5.75 Å². The minimum absolute atomic E-state index is 0.0216. The molecule has 0 radical (unpaired) electrons. The number of nitrogens with zero attached hydrogens (tertiary/aromatic N) is 2. The van der Waals surface area contributed by atoms with E-state index in [1.54, 1.807) is 36.5 Å². The van der Waals surface area contributed by atoms with E-state index in [9.17, 15) is 9.90 Å². The number of hydrogen-bond acceptors (Lipinski definition) is 4. The van der Waals surface area contributed by atoms with Crippen LogP contribution in [0.4, 0.5) is 0 Å². The van der Waals surface area contributed by atoms with Crippen LogP contribution in [0.3, 0.4) is 0 Å². The molecule has 2 aromatic rings. The Hall–Kier alpha value is -2.43. The summed E-state index contributed by atoms with van der Waals surface area (Å²) in [5.41, 5.74) is 1.82. The molecule has 2 N–H and O–H groups in total. The Bertz CT molecular complexity index is 555. The van der Waals surface area contributed by atoms with E-state index in [1.807, 2.05) is 6.92 Å². The van der Waals surface area contributed by atoms with Gasteiger partial charge in [0, 0.05) is 6.20 Å². The number of aromatic hydroxyl groups is 1. The third-order valence-corrected chi connectivity index (χ3v) is 2.46. The molecule has 18 heavy (non-hydrogen) atoms. The first-order valence-corrected chi connectivity index (χ1v) is 5.51. The van der Waals surface area contributed by atoms with Crippen LogP contribution in [0.15, 0.2) is 36.5 Å². The third-order valence-electron chi connectivity index (χ3n) is 2.46. The highest BCUT2D eigenvalue weighted by molar-refractivity contribution is 5.96. The Labute approximate surface area is 104 Å². The van der Waals surface area contributed by atoms with Gasteiger partial charge in [0.25, 0.3) is 5.91 Å². The van der Waals surface area contributed by atoms with Crippen molar-refractivity contribution in [1.82, 2.24) is 15.5 Å². The number of benzene rings is 1. The van der Waals surface area contributed by atoms with Crippen LogP contribution in [0.1, 0.15) is 21.6 Å². The fourth-order valence-corrected chi connectivity index (χ4v) is 1.53. The molecule has 92 valence electrons. The highest BCUT2D eigenvalue weighted by Crippen LogP contribution is 2.18. The van der Waals surface area contributed by atoms with E-state index in [0.29, 0.717) is 5.69 Å². The van der Waals surface area contributed by atoms with Crippen molar-refractivity contribution in [2.24, 2.45) is 0 Å². The average Bonchev–Trinajstić information content (AvgIpc) is 2.37. The van der Waals surface area contributed by atoms with Gasteiger partial charge in [0.2, 0.25) is 0 Å². The van der Waals surface area contributed by atoms with Crippen molar-refractivity contribution in [2.75, 3.05) is 0 Å². The predicted octanol–water partition coefficient (Wildman–Crippen LogP) is 1.42. The maximum Gasteiger partial charge on any atom is 0.255 e. The second-order valence-corrected chi connectivity index (χ2v) is 3.92. The molecular weight excluding hydrogens is 230 g/mol. The van der Waals surface area contributed by atoms with Crippen molar-refractivity contribution < 1.29 is 9.90 Å². The van der Waals surface area contributed by atoms with E-state index in [2.05, 4.69) is 15.5 Å². The zero-order valence-electron chi connectivity index (χ0n) is 9.92. The van der Waals surface area contributed by atoms with Crippen LogP contribution in [-0.2, 0) is 6.54 Å². The maximum absolute atomic E-state index is 11.8. The third kappa shape index (κ3) is 2.82. The number of nitrogens with one attached hydrogen (secondary N) is 1. The van der Waals surface area contributed by atoms with Crippen LogP contribution in [-0.4, -0.2) is 21.2 Å². The minimum atomic E-state index is -0.335. The first kappa shape index (κ1) is 12.0. The van der Waals surface area contributed by atoms with Crippen LogP contribution in [0.2, 0.25) is 0 Å². The molecule has 1 amide bonds. The number of phenolic OH excluding ortho intramolecular Hbond substituents is 1. The van der Waals surface area contributed by atoms with Gasteiger partial charge in [0.05, 0.1) is 17.8 Å². The van der Waals surface area contributed by atoms with Gasteiger partial charge in [-0.2, -0.15) is 10.2 Å². The lowest BCUT2D eigenvalue weighted by Crippen LogP contribution is -2.23. The lowest BCUT2D eigenvalue weighted by molar-refractivity contribution is 0.0947. The standard InChI is InChI=1S/C13H13N3O2/c1-9-4-5-11(12(17)7-9)13(18)14-8-10-3-2-6-15-16-10/h2-7,17H,8H2,1H3,(H,14,18). The summed E-state index contributed by atoms with van der Waals surface area (Å²) in [6.45, 7) is 2.13. The molecule has 0 spiro atoms. The largest absolute Gasteiger partial charge is 0.507 e. The molecule has 5 heteroatoms. The van der Waals surface area contributed by atoms with Crippen molar-refractivity contribution in [3.8, 4) is 5.75 Å². The molecule has 0 saturated heterocycles. The first-order chi connectivity index (χ1) is 8.66. The topological polar surface area (TPSA) is 75.1 Å². The summed E-state index contributed by atoms with van der Waals surface area (Å²) in [4.78, 5) is 11.8. The van der Waals surface area contributed by atoms with Crippen LogP contribution in [0, 0.1) is 6.92 Å². The zero-order valence-corrected chi connectivity index (χ0v) is 9.92. The van der Waals surface area contributed by atoms with Crippen molar-refractivity contribution >= 4 is 5.91 Å². The van der Waals surface area contributed by atoms with E-state index in [4.69, 9.17) is 0 Å². The highest BCUT2D eigenvalue weighted by atomic mass is 16.3. The Morgan fingerprint density at radius 2 is 2.22 bits per heavy atom. The molecule has 0 aliphatic rings. The molecule has 5 nitrogen and oxygen atoms in total. The smallest absolute Gasteiger partial charge is 0.255 e. The Balaban J connectivity index is 2.04. The molecular formula is C13H13N3O2. The minimum Gasteiger partial charge on any atom is -0.507 e. The van der Waals surface area contributed by atoms with E-state index in [1.165, 1.54) is 0 Å². The first-order valence-electron chi connectivity index (χ1n) is 5.51. The summed E-state index contributed by atoms with van der Waals surface area (Å²) in [5, 5.41) is 19.9. The second kappa shape index (κ2) is 5.27. The van der Waals surface area contributed by atoms with Crippen LogP contribution in [0.5, 0.6) is 5.75 Å². The summed E-state index contributed by atoms with van der Waals surface area (Å²) in [6.07, 6.45) is 1.57. The molecule has 2 rings (SSSR count). The molecule has 0 saturated carbocycles. The molecule has 0 aliphatic heterocycles. The summed E-state index contributed by atoms with van der Waals surface area (Å²) in [6, 6.07) is 8.44. The zero-order chi connectivity index (χ0) is 13.0. The number of aryl methyl sites for hydroxylation is 1. The van der Waals surface area contributed by atoms with Gasteiger partial charge in [0.15, 0.2) is 0 Å². The van der Waals surface area contributed by atoms with Gasteiger partial charge >= 0.3 is 0 Å². The highest BCUT2D eigenvalue weighted by Gasteiger charge is 2.10. The van der Waals surface area contributed by atoms with E-state index < -0.39 is 0 Å². The van der Waals surface area contributed by atoms with Gasteiger partial charge in [-0.3, -0.25) is 4.79 Å². The monoisotopic (exact) mass is 243 g/mol. The van der Waals surface area contributed by atoms with E-state index in [0.717, 1.165) is 5.56 Å². The van der Waals surface area contributed by atoms with Gasteiger partial charge in [-0.15, -0.1) is 0 Å². The molecule has 0 atom stereocenters. The van der Waals surface area contributed by atoms with Gasteiger partial charge in [-0.25, -0.2) is 0 Å². The van der Waals surface area contributed by atoms with Gasteiger partial charge in [-0.1, -0.05) is 6.07 Å². The predicted molar refractivity (Wildman–Crippen MR) is 66.0 cm³/mol. The quantitative estimate of drug-likeness (QED) is 0.855. The Morgan fingerprint density at radius 1 is 1.39 bits per heavy atom. The lowest BCUT2D eigenvalue weighted by Gasteiger charge is -2.06. The van der Waals surface area contributed by atoms with Crippen LogP contribution in [0.25, 0.3) is 0 Å². The molecule has 0 unspecified atom stereocenters. The normalized spacial score (nSPS) is 10.1. The molecule has 1 aromatic heterocycles. The van der Waals surface area contributed by atoms with Crippen molar-refractivity contribution in [2.45, 2.75) is 13.5 Å². The number of rotatable bonds is 3. The molecule has 0 fully saturated rings. The number of carbonyl (C=O) groups excluding carboxylic acids is 1. The summed E-state index contributed by atoms with van der Waals surface area (Å²) < 4.78 is 0. The van der Waals surface area contributed by atoms with Gasteiger partial charge in [-0.05, 0) is 36.8 Å². The van der Waals surface area contributed by atoms with E-state index in [-0.39, 0.29) is 23.8 Å². The number of carbonyl (C=O) groups is 1. The fraction of sp³-hybridized carbons (Fsp3) is 0.154. The number of hydrogen-bond donors (Lipinski definition) is 2. The number of amides is 1. The molecule has 0 bridgehead atoms. The fourth-order valence-electron chi connectivity index (χ4n) is 1.53. The van der Waals surface area contributed by atoms with Crippen molar-refractivity contribution in [3.05, 3.63) is 53.3 Å². The summed E-state index contributed by atoms with van der Waals surface area (Å²) in [7, 11) is 0. The SMILES string of the molecule is Cc1ccc(C(=O)NCc2cccnn2)c(O)c1. The summed E-state index contributed by atoms with van der Waals surface area (Å²) >= 11 is 0. The summed E-state index contributed by atoms with van der Waals surface area (Å²) in [5.74, 6) is -0.357. The number of phenols is 1. The van der Waals surface area contributed by atoms with Crippen LogP contribution < -0.4 is 5.32 Å². The Morgan fingerprint density at radius 3 is 2.89 bits per heavy atom. The van der Waals surface area contributed by atoms with Gasteiger partial charge < -0.3 is 10.4 Å². The molecule has 0 aliphatic carbocycles. The number of aromatic nitrogens is 2. The van der Waals surface area contributed by atoms with E-state index >= 15 is 0 Å².